The van der Waals surface area contributed by atoms with Crippen molar-refractivity contribution in [1.82, 2.24) is 4.57 Å². The number of amides is 1. The monoisotopic (exact) mass is 564 g/mol. The van der Waals surface area contributed by atoms with Crippen molar-refractivity contribution in [2.24, 2.45) is 0 Å². The molecule has 0 radical (unpaired) electrons. The van der Waals surface area contributed by atoms with E-state index >= 15 is 0 Å². The number of carbonyl (C=O) groups excluding carboxylic acids is 1. The van der Waals surface area contributed by atoms with E-state index in [0.717, 1.165) is 44.9 Å². The molecule has 0 aliphatic carbocycles. The third-order valence-electron chi connectivity index (χ3n) is 7.08. The summed E-state index contributed by atoms with van der Waals surface area (Å²) in [7, 11) is 1.46. The molecule has 8 heteroatoms. The van der Waals surface area contributed by atoms with Crippen LogP contribution in [0, 0.1) is 0 Å². The molecule has 0 aliphatic rings. The highest BCUT2D eigenvalue weighted by Crippen LogP contribution is 2.33. The molecule has 1 aromatic heterocycles. The molecule has 0 atom stereocenters. The van der Waals surface area contributed by atoms with Crippen molar-refractivity contribution >= 4 is 28.6 Å². The Kier molecular flexibility index (Phi) is 12.6. The molecule has 0 aliphatic heterocycles. The van der Waals surface area contributed by atoms with E-state index in [1.165, 1.54) is 38.5 Å². The molecule has 0 unspecified atom stereocenters. The maximum atomic E-state index is 13.5. The van der Waals surface area contributed by atoms with Crippen LogP contribution < -0.4 is 20.3 Å². The Balaban J connectivity index is 1.81. The van der Waals surface area contributed by atoms with E-state index in [-0.39, 0.29) is 28.7 Å². The molecule has 41 heavy (non-hydrogen) atoms. The van der Waals surface area contributed by atoms with Crippen molar-refractivity contribution in [2.75, 3.05) is 19.0 Å². The second kappa shape index (κ2) is 16.4. The summed E-state index contributed by atoms with van der Waals surface area (Å²) in [4.78, 5) is 26.2. The lowest BCUT2D eigenvalue weighted by molar-refractivity contribution is -0.111. The summed E-state index contributed by atoms with van der Waals surface area (Å²) in [6.45, 7) is 5.19. The number of nitrogens with one attached hydrogen (secondary N) is 1. The molecule has 2 aromatic carbocycles. The number of benzene rings is 2. The van der Waals surface area contributed by atoms with Crippen molar-refractivity contribution in [1.29, 1.82) is 0 Å². The van der Waals surface area contributed by atoms with Crippen LogP contribution in [0.4, 0.5) is 5.69 Å². The summed E-state index contributed by atoms with van der Waals surface area (Å²) in [5, 5.41) is 24.1. The van der Waals surface area contributed by atoms with Gasteiger partial charge in [-0.1, -0.05) is 71.3 Å². The van der Waals surface area contributed by atoms with Crippen molar-refractivity contribution in [3.05, 3.63) is 58.4 Å². The maximum Gasteiger partial charge on any atom is 0.297 e. The van der Waals surface area contributed by atoms with Crippen LogP contribution in [0.2, 0.25) is 0 Å². The lowest BCUT2D eigenvalue weighted by atomic mass is 10.1. The van der Waals surface area contributed by atoms with Gasteiger partial charge in [0.05, 0.1) is 19.2 Å². The summed E-state index contributed by atoms with van der Waals surface area (Å²) in [6.07, 6.45) is 13.6. The second-order valence-electron chi connectivity index (χ2n) is 10.3. The van der Waals surface area contributed by atoms with Crippen LogP contribution in [0.5, 0.6) is 23.0 Å². The molecule has 0 fully saturated rings. The highest BCUT2D eigenvalue weighted by atomic mass is 16.5. The molecule has 8 nitrogen and oxygen atoms in total. The first-order valence-corrected chi connectivity index (χ1v) is 14.8. The summed E-state index contributed by atoms with van der Waals surface area (Å²) in [5.41, 5.74) is 1.37. The van der Waals surface area contributed by atoms with E-state index < -0.39 is 0 Å². The molecule has 3 aromatic rings. The highest BCUT2D eigenvalue weighted by Gasteiger charge is 2.18. The largest absolute Gasteiger partial charge is 0.504 e. The summed E-state index contributed by atoms with van der Waals surface area (Å²) < 4.78 is 12.6. The van der Waals surface area contributed by atoms with Gasteiger partial charge in [-0.2, -0.15) is 0 Å². The number of aromatic nitrogens is 1. The lowest BCUT2D eigenvalue weighted by Crippen LogP contribution is -2.23. The van der Waals surface area contributed by atoms with Crippen LogP contribution in [0.15, 0.2) is 47.3 Å². The standard InChI is InChI=1S/C33H44N2O6/c1-4-6-8-10-11-13-21-41-32-31(38)26-17-16-25(23-27(26)35(33(32)39)20-12-9-7-5-2)34-30(37)19-15-24-14-18-28(36)29(22-24)40-3/h14-19,22-23,36,38H,4-13,20-21H2,1-3H3,(H,34,37)/b19-15+. The number of fused-ring (bicyclic) bond motifs is 1. The van der Waals surface area contributed by atoms with Gasteiger partial charge in [0.15, 0.2) is 17.2 Å². The van der Waals surface area contributed by atoms with Gasteiger partial charge in [0, 0.05) is 23.7 Å². The van der Waals surface area contributed by atoms with Gasteiger partial charge < -0.3 is 29.6 Å². The van der Waals surface area contributed by atoms with E-state index in [2.05, 4.69) is 19.2 Å². The fraction of sp³-hybridized carbons (Fsp3) is 0.455. The maximum absolute atomic E-state index is 13.5. The SMILES string of the molecule is CCCCCCCCOc1c(O)c2ccc(NC(=O)/C=C/c3ccc(O)c(OC)c3)cc2n(CCCCCC)c1=O. The number of unbranched alkanes of at least 4 members (excludes halogenated alkanes) is 8. The fourth-order valence-corrected chi connectivity index (χ4v) is 4.75. The average molecular weight is 565 g/mol. The number of carbonyl (C=O) groups is 1. The lowest BCUT2D eigenvalue weighted by Gasteiger charge is -2.16. The van der Waals surface area contributed by atoms with Gasteiger partial charge in [0.1, 0.15) is 0 Å². The molecule has 222 valence electrons. The molecular weight excluding hydrogens is 520 g/mol. The Morgan fingerprint density at radius 2 is 1.63 bits per heavy atom. The number of hydrogen-bond acceptors (Lipinski definition) is 6. The molecule has 0 saturated heterocycles. The molecular formula is C33H44N2O6. The molecule has 3 N–H and O–H groups in total. The minimum Gasteiger partial charge on any atom is -0.504 e. The van der Waals surface area contributed by atoms with Gasteiger partial charge in [-0.3, -0.25) is 9.59 Å². The molecule has 0 spiro atoms. The number of methoxy groups -OCH3 is 1. The average Bonchev–Trinajstić information content (AvgIpc) is 2.97. The van der Waals surface area contributed by atoms with Gasteiger partial charge in [-0.25, -0.2) is 0 Å². The van der Waals surface area contributed by atoms with E-state index in [4.69, 9.17) is 9.47 Å². The molecule has 1 heterocycles. The number of ether oxygens (including phenoxy) is 2. The smallest absolute Gasteiger partial charge is 0.297 e. The first-order valence-electron chi connectivity index (χ1n) is 14.8. The first-order chi connectivity index (χ1) is 19.9. The Morgan fingerprint density at radius 1 is 0.927 bits per heavy atom. The van der Waals surface area contributed by atoms with Crippen LogP contribution in [-0.2, 0) is 11.3 Å². The van der Waals surface area contributed by atoms with Crippen LogP contribution in [0.1, 0.15) is 83.6 Å². The van der Waals surface area contributed by atoms with E-state index in [1.807, 2.05) is 0 Å². The van der Waals surface area contributed by atoms with Crippen LogP contribution >= 0.6 is 0 Å². The van der Waals surface area contributed by atoms with E-state index in [0.29, 0.717) is 41.1 Å². The Hall–Kier alpha value is -3.94. The number of rotatable bonds is 17. The van der Waals surface area contributed by atoms with Crippen LogP contribution in [0.3, 0.4) is 0 Å². The Bertz CT molecular complexity index is 1380. The molecule has 0 bridgehead atoms. The number of phenolic OH excluding ortho intramolecular Hbond substituents is 1. The molecule has 3 rings (SSSR count). The first kappa shape index (κ1) is 31.6. The summed E-state index contributed by atoms with van der Waals surface area (Å²) in [6, 6.07) is 9.90. The zero-order valence-electron chi connectivity index (χ0n) is 24.6. The summed E-state index contributed by atoms with van der Waals surface area (Å²) >= 11 is 0. The van der Waals surface area contributed by atoms with Gasteiger partial charge in [-0.05, 0) is 54.8 Å². The normalized spacial score (nSPS) is 11.3. The number of anilines is 1. The summed E-state index contributed by atoms with van der Waals surface area (Å²) in [5.74, 6) is -0.207. The third-order valence-corrected chi connectivity index (χ3v) is 7.08. The van der Waals surface area contributed by atoms with Crippen molar-refractivity contribution in [3.8, 4) is 23.0 Å². The quantitative estimate of drug-likeness (QED) is 0.116. The van der Waals surface area contributed by atoms with Crippen molar-refractivity contribution in [2.45, 2.75) is 84.6 Å². The number of aryl methyl sites for hydroxylation is 1. The topological polar surface area (TPSA) is 110 Å². The number of nitrogens with zero attached hydrogens (tertiary/aromatic N) is 1. The fourth-order valence-electron chi connectivity index (χ4n) is 4.75. The zero-order valence-corrected chi connectivity index (χ0v) is 24.6. The minimum absolute atomic E-state index is 0.00871. The van der Waals surface area contributed by atoms with E-state index in [9.17, 15) is 19.8 Å². The molecule has 1 amide bonds. The van der Waals surface area contributed by atoms with Gasteiger partial charge in [0.25, 0.3) is 5.56 Å². The number of pyridine rings is 1. The van der Waals surface area contributed by atoms with Gasteiger partial charge in [0.2, 0.25) is 11.7 Å². The minimum atomic E-state index is -0.364. The van der Waals surface area contributed by atoms with Crippen molar-refractivity contribution < 1.29 is 24.5 Å². The zero-order chi connectivity index (χ0) is 29.6. The van der Waals surface area contributed by atoms with Crippen LogP contribution in [-0.4, -0.2) is 34.4 Å². The number of hydrogen-bond donors (Lipinski definition) is 3. The second-order valence-corrected chi connectivity index (χ2v) is 10.3. The van der Waals surface area contributed by atoms with E-state index in [1.54, 1.807) is 41.0 Å². The predicted octanol–water partition coefficient (Wildman–Crippen LogP) is 7.39. The molecule has 0 saturated carbocycles. The number of aromatic hydroxyl groups is 2. The Labute approximate surface area is 242 Å². The van der Waals surface area contributed by atoms with Gasteiger partial charge >= 0.3 is 0 Å². The van der Waals surface area contributed by atoms with Crippen molar-refractivity contribution in [3.63, 3.8) is 0 Å². The van der Waals surface area contributed by atoms with Gasteiger partial charge in [-0.15, -0.1) is 0 Å². The Morgan fingerprint density at radius 3 is 2.37 bits per heavy atom. The number of phenols is 1. The van der Waals surface area contributed by atoms with Crippen LogP contribution in [0.25, 0.3) is 17.0 Å². The highest BCUT2D eigenvalue weighted by molar-refractivity contribution is 6.03. The third kappa shape index (κ3) is 9.03. The predicted molar refractivity (Wildman–Crippen MR) is 165 cm³/mol.